The van der Waals surface area contributed by atoms with Crippen molar-refractivity contribution in [2.75, 3.05) is 0 Å². The van der Waals surface area contributed by atoms with Crippen LogP contribution in [0.1, 0.15) is 5.56 Å². The van der Waals surface area contributed by atoms with Crippen LogP contribution in [0.4, 0.5) is 0 Å². The second-order valence-corrected chi connectivity index (χ2v) is 4.62. The first-order valence-corrected chi connectivity index (χ1v) is 5.99. The third kappa shape index (κ3) is 1.20. The van der Waals surface area contributed by atoms with Gasteiger partial charge in [-0.05, 0) is 31.2 Å². The van der Waals surface area contributed by atoms with Crippen LogP contribution in [-0.2, 0) is 0 Å². The lowest BCUT2D eigenvalue weighted by Gasteiger charge is -1.96. The maximum absolute atomic E-state index is 5.98. The minimum Gasteiger partial charge on any atom is -0.455 e. The summed E-state index contributed by atoms with van der Waals surface area (Å²) in [6.45, 7) is 2.09. The molecule has 4 aromatic rings. The number of pyridine rings is 1. The van der Waals surface area contributed by atoms with Gasteiger partial charge in [-0.15, -0.1) is 0 Å². The van der Waals surface area contributed by atoms with Crippen LogP contribution >= 0.6 is 0 Å². The number of aryl methyl sites for hydroxylation is 1. The van der Waals surface area contributed by atoms with Crippen LogP contribution in [0.3, 0.4) is 0 Å². The predicted molar refractivity (Wildman–Crippen MR) is 73.8 cm³/mol. The normalized spacial score (nSPS) is 11.6. The van der Waals surface area contributed by atoms with Crippen molar-refractivity contribution < 1.29 is 4.42 Å². The highest BCUT2D eigenvalue weighted by molar-refractivity contribution is 6.13. The number of benzene rings is 2. The molecule has 0 saturated heterocycles. The standard InChI is InChI=1S/C16H11NO/c1-10-6-7-15-12(8-10)13-9-17-14-5-3-2-4-11(14)16(13)18-15/h2-9H,1H3. The highest BCUT2D eigenvalue weighted by atomic mass is 16.3. The molecule has 0 bridgehead atoms. The van der Waals surface area contributed by atoms with Gasteiger partial charge >= 0.3 is 0 Å². The summed E-state index contributed by atoms with van der Waals surface area (Å²) in [6, 6.07) is 14.3. The Kier molecular flexibility index (Phi) is 1.78. The van der Waals surface area contributed by atoms with Crippen molar-refractivity contribution in [3.8, 4) is 0 Å². The number of fused-ring (bicyclic) bond motifs is 5. The summed E-state index contributed by atoms with van der Waals surface area (Å²) in [6.07, 6.45) is 1.91. The monoisotopic (exact) mass is 233 g/mol. The second-order valence-electron chi connectivity index (χ2n) is 4.62. The molecule has 18 heavy (non-hydrogen) atoms. The molecule has 86 valence electrons. The van der Waals surface area contributed by atoms with E-state index in [1.807, 2.05) is 30.5 Å². The second kappa shape index (κ2) is 3.33. The molecule has 4 rings (SSSR count). The first-order valence-electron chi connectivity index (χ1n) is 5.99. The zero-order valence-corrected chi connectivity index (χ0v) is 9.97. The molecule has 2 heterocycles. The highest BCUT2D eigenvalue weighted by Gasteiger charge is 2.10. The van der Waals surface area contributed by atoms with E-state index in [-0.39, 0.29) is 0 Å². The fraction of sp³-hybridized carbons (Fsp3) is 0.0625. The smallest absolute Gasteiger partial charge is 0.146 e. The lowest BCUT2D eigenvalue weighted by atomic mass is 10.1. The molecule has 2 heteroatoms. The van der Waals surface area contributed by atoms with Gasteiger partial charge < -0.3 is 4.42 Å². The zero-order chi connectivity index (χ0) is 12.1. The van der Waals surface area contributed by atoms with E-state index in [1.54, 1.807) is 0 Å². The number of aromatic nitrogens is 1. The summed E-state index contributed by atoms with van der Waals surface area (Å²) >= 11 is 0. The van der Waals surface area contributed by atoms with E-state index in [2.05, 4.69) is 30.1 Å². The quantitative estimate of drug-likeness (QED) is 0.448. The zero-order valence-electron chi connectivity index (χ0n) is 9.97. The third-order valence-corrected chi connectivity index (χ3v) is 3.36. The average molecular weight is 233 g/mol. The molecule has 0 radical (unpaired) electrons. The van der Waals surface area contributed by atoms with E-state index in [0.29, 0.717) is 0 Å². The van der Waals surface area contributed by atoms with Gasteiger partial charge in [0.25, 0.3) is 0 Å². The van der Waals surface area contributed by atoms with E-state index in [0.717, 1.165) is 32.8 Å². The molecule has 0 amide bonds. The van der Waals surface area contributed by atoms with Gasteiger partial charge in [0.1, 0.15) is 11.2 Å². The summed E-state index contributed by atoms with van der Waals surface area (Å²) in [5.41, 5.74) is 4.06. The Morgan fingerprint density at radius 1 is 0.944 bits per heavy atom. The Hall–Kier alpha value is -2.35. The predicted octanol–water partition coefficient (Wildman–Crippen LogP) is 4.44. The van der Waals surface area contributed by atoms with E-state index in [1.165, 1.54) is 5.56 Å². The van der Waals surface area contributed by atoms with E-state index in [4.69, 9.17) is 4.42 Å². The molecule has 0 saturated carbocycles. The molecule has 0 N–H and O–H groups in total. The first kappa shape index (κ1) is 9.66. The Labute approximate surface area is 104 Å². The fourth-order valence-electron chi connectivity index (χ4n) is 2.47. The Morgan fingerprint density at radius 3 is 2.78 bits per heavy atom. The van der Waals surface area contributed by atoms with E-state index in [9.17, 15) is 0 Å². The number of furan rings is 1. The van der Waals surface area contributed by atoms with Gasteiger partial charge in [0.15, 0.2) is 0 Å². The van der Waals surface area contributed by atoms with E-state index < -0.39 is 0 Å². The van der Waals surface area contributed by atoms with Crippen LogP contribution in [0, 0.1) is 6.92 Å². The van der Waals surface area contributed by atoms with Crippen LogP contribution < -0.4 is 0 Å². The first-order chi connectivity index (χ1) is 8.83. The topological polar surface area (TPSA) is 26.0 Å². The molecule has 0 fully saturated rings. The lowest BCUT2D eigenvalue weighted by Crippen LogP contribution is -1.78. The van der Waals surface area contributed by atoms with Gasteiger partial charge in [0.2, 0.25) is 0 Å². The summed E-state index contributed by atoms with van der Waals surface area (Å²) in [5, 5.41) is 3.31. The molecule has 0 aliphatic carbocycles. The van der Waals surface area contributed by atoms with Crippen LogP contribution in [0.5, 0.6) is 0 Å². The van der Waals surface area contributed by atoms with Crippen molar-refractivity contribution >= 4 is 32.8 Å². The van der Waals surface area contributed by atoms with Crippen molar-refractivity contribution in [1.29, 1.82) is 0 Å². The molecule has 0 aliphatic heterocycles. The van der Waals surface area contributed by atoms with E-state index >= 15 is 0 Å². The molecule has 0 aliphatic rings. The summed E-state index contributed by atoms with van der Waals surface area (Å²) in [7, 11) is 0. The number of rotatable bonds is 0. The van der Waals surface area contributed by atoms with Crippen molar-refractivity contribution in [3.63, 3.8) is 0 Å². The molecule has 0 spiro atoms. The van der Waals surface area contributed by atoms with Crippen molar-refractivity contribution in [1.82, 2.24) is 4.98 Å². The average Bonchev–Trinajstić information content (AvgIpc) is 2.77. The molecule has 2 nitrogen and oxygen atoms in total. The SMILES string of the molecule is Cc1ccc2oc3c4ccccc4ncc3c2c1. The number of nitrogens with zero attached hydrogens (tertiary/aromatic N) is 1. The maximum Gasteiger partial charge on any atom is 0.146 e. The van der Waals surface area contributed by atoms with Gasteiger partial charge in [-0.3, -0.25) is 4.98 Å². The number of para-hydroxylation sites is 1. The van der Waals surface area contributed by atoms with Crippen molar-refractivity contribution in [3.05, 3.63) is 54.2 Å². The van der Waals surface area contributed by atoms with Crippen molar-refractivity contribution in [2.45, 2.75) is 6.92 Å². The minimum atomic E-state index is 0.925. The summed E-state index contributed by atoms with van der Waals surface area (Å²) in [4.78, 5) is 4.50. The minimum absolute atomic E-state index is 0.925. The molecule has 2 aromatic carbocycles. The number of hydrogen-bond donors (Lipinski definition) is 0. The van der Waals surface area contributed by atoms with Gasteiger partial charge in [-0.2, -0.15) is 0 Å². The van der Waals surface area contributed by atoms with Crippen LogP contribution in [0.25, 0.3) is 32.8 Å². The lowest BCUT2D eigenvalue weighted by molar-refractivity contribution is 0.672. The Morgan fingerprint density at radius 2 is 1.83 bits per heavy atom. The Bertz CT molecular complexity index is 889. The van der Waals surface area contributed by atoms with Crippen molar-refractivity contribution in [2.24, 2.45) is 0 Å². The maximum atomic E-state index is 5.98. The van der Waals surface area contributed by atoms with Gasteiger partial charge in [0.05, 0.1) is 5.52 Å². The Balaban J connectivity index is 2.30. The summed E-state index contributed by atoms with van der Waals surface area (Å²) in [5.74, 6) is 0. The summed E-state index contributed by atoms with van der Waals surface area (Å²) < 4.78 is 5.98. The largest absolute Gasteiger partial charge is 0.455 e. The van der Waals surface area contributed by atoms with Crippen LogP contribution in [0.15, 0.2) is 53.1 Å². The van der Waals surface area contributed by atoms with Gasteiger partial charge in [0, 0.05) is 22.4 Å². The molecule has 2 aromatic heterocycles. The van der Waals surface area contributed by atoms with Crippen LogP contribution in [0.2, 0.25) is 0 Å². The molecule has 0 unspecified atom stereocenters. The van der Waals surface area contributed by atoms with Gasteiger partial charge in [-0.1, -0.05) is 23.8 Å². The molecular weight excluding hydrogens is 222 g/mol. The molecular formula is C16H11NO. The highest BCUT2D eigenvalue weighted by Crippen LogP contribution is 2.32. The third-order valence-electron chi connectivity index (χ3n) is 3.36. The number of hydrogen-bond acceptors (Lipinski definition) is 2. The van der Waals surface area contributed by atoms with Gasteiger partial charge in [-0.25, -0.2) is 0 Å². The van der Waals surface area contributed by atoms with Crippen LogP contribution in [-0.4, -0.2) is 4.98 Å². The fourth-order valence-corrected chi connectivity index (χ4v) is 2.47. The molecule has 0 atom stereocenters.